The molecule has 1 aliphatic rings. The smallest absolute Gasteiger partial charge is 0.411 e. The van der Waals surface area contributed by atoms with E-state index in [-0.39, 0.29) is 12.7 Å². The molecular formula is C12H21NO5. The maximum Gasteiger partial charge on any atom is 0.411 e. The molecule has 0 aromatic heterocycles. The van der Waals surface area contributed by atoms with Gasteiger partial charge in [-0.3, -0.25) is 4.90 Å². The molecule has 0 aliphatic carbocycles. The van der Waals surface area contributed by atoms with Crippen LogP contribution >= 0.6 is 0 Å². The first kappa shape index (κ1) is 14.8. The SMILES string of the molecule is COC(=O)[C@@H]1CO[C@H](C)CN1C(=O)OC(C)(C)C. The van der Waals surface area contributed by atoms with Crippen LogP contribution in [0.5, 0.6) is 0 Å². The molecule has 0 spiro atoms. The Morgan fingerprint density at radius 3 is 2.44 bits per heavy atom. The topological polar surface area (TPSA) is 65.1 Å². The normalized spacial score (nSPS) is 24.6. The summed E-state index contributed by atoms with van der Waals surface area (Å²) in [6.07, 6.45) is -0.647. The molecule has 0 unspecified atom stereocenters. The molecule has 1 rings (SSSR count). The second-order valence-corrected chi connectivity index (χ2v) is 5.32. The van der Waals surface area contributed by atoms with E-state index in [4.69, 9.17) is 9.47 Å². The van der Waals surface area contributed by atoms with Crippen LogP contribution in [0.3, 0.4) is 0 Å². The van der Waals surface area contributed by atoms with Crippen molar-refractivity contribution in [2.75, 3.05) is 20.3 Å². The molecule has 1 heterocycles. The minimum atomic E-state index is -0.735. The van der Waals surface area contributed by atoms with Crippen LogP contribution in [0, 0.1) is 0 Å². The lowest BCUT2D eigenvalue weighted by Gasteiger charge is -2.37. The summed E-state index contributed by atoms with van der Waals surface area (Å²) in [5, 5.41) is 0. The Kier molecular flexibility index (Phi) is 4.56. The molecule has 1 saturated heterocycles. The minimum Gasteiger partial charge on any atom is -0.467 e. The molecule has 2 atom stereocenters. The molecule has 1 amide bonds. The molecule has 0 radical (unpaired) electrons. The van der Waals surface area contributed by atoms with Crippen molar-refractivity contribution in [2.24, 2.45) is 0 Å². The molecule has 6 heteroatoms. The maximum atomic E-state index is 12.0. The van der Waals surface area contributed by atoms with Crippen molar-refractivity contribution >= 4 is 12.1 Å². The van der Waals surface area contributed by atoms with Crippen molar-refractivity contribution in [1.29, 1.82) is 0 Å². The molecule has 0 saturated carbocycles. The molecule has 6 nitrogen and oxygen atoms in total. The fourth-order valence-electron chi connectivity index (χ4n) is 1.66. The molecule has 1 fully saturated rings. The van der Waals surface area contributed by atoms with Gasteiger partial charge in [-0.05, 0) is 27.7 Å². The highest BCUT2D eigenvalue weighted by Gasteiger charge is 2.38. The van der Waals surface area contributed by atoms with E-state index in [1.807, 2.05) is 6.92 Å². The van der Waals surface area contributed by atoms with E-state index in [1.54, 1.807) is 20.8 Å². The van der Waals surface area contributed by atoms with Gasteiger partial charge < -0.3 is 14.2 Å². The summed E-state index contributed by atoms with van der Waals surface area (Å²) in [6, 6.07) is -0.735. The van der Waals surface area contributed by atoms with Crippen molar-refractivity contribution < 1.29 is 23.8 Å². The lowest BCUT2D eigenvalue weighted by molar-refractivity contribution is -0.155. The number of morpholine rings is 1. The zero-order chi connectivity index (χ0) is 13.9. The largest absolute Gasteiger partial charge is 0.467 e. The predicted molar refractivity (Wildman–Crippen MR) is 64.2 cm³/mol. The number of ether oxygens (including phenoxy) is 3. The fraction of sp³-hybridized carbons (Fsp3) is 0.833. The third-order valence-electron chi connectivity index (χ3n) is 2.47. The van der Waals surface area contributed by atoms with Gasteiger partial charge in [0.05, 0.1) is 26.4 Å². The molecule has 18 heavy (non-hydrogen) atoms. The number of hydrogen-bond donors (Lipinski definition) is 0. The van der Waals surface area contributed by atoms with Gasteiger partial charge in [0.25, 0.3) is 0 Å². The van der Waals surface area contributed by atoms with Gasteiger partial charge in [-0.15, -0.1) is 0 Å². The maximum absolute atomic E-state index is 12.0. The summed E-state index contributed by atoms with van der Waals surface area (Å²) in [5.74, 6) is -0.493. The molecule has 0 N–H and O–H groups in total. The fourth-order valence-corrected chi connectivity index (χ4v) is 1.66. The first-order chi connectivity index (χ1) is 8.24. The van der Waals surface area contributed by atoms with Crippen LogP contribution in [0.4, 0.5) is 4.79 Å². The van der Waals surface area contributed by atoms with Gasteiger partial charge in [-0.2, -0.15) is 0 Å². The van der Waals surface area contributed by atoms with Crippen molar-refractivity contribution in [3.05, 3.63) is 0 Å². The van der Waals surface area contributed by atoms with Gasteiger partial charge in [-0.25, -0.2) is 9.59 Å². The lowest BCUT2D eigenvalue weighted by Crippen LogP contribution is -2.56. The number of nitrogens with zero attached hydrogens (tertiary/aromatic N) is 1. The van der Waals surface area contributed by atoms with E-state index in [0.717, 1.165) is 0 Å². The highest BCUT2D eigenvalue weighted by atomic mass is 16.6. The third kappa shape index (κ3) is 3.87. The van der Waals surface area contributed by atoms with E-state index in [9.17, 15) is 9.59 Å². The summed E-state index contributed by atoms with van der Waals surface area (Å²) in [4.78, 5) is 25.0. The first-order valence-corrected chi connectivity index (χ1v) is 5.93. The van der Waals surface area contributed by atoms with Gasteiger partial charge in [0.2, 0.25) is 0 Å². The van der Waals surface area contributed by atoms with E-state index < -0.39 is 23.7 Å². The number of rotatable bonds is 1. The number of esters is 1. The zero-order valence-electron chi connectivity index (χ0n) is 11.6. The number of methoxy groups -OCH3 is 1. The highest BCUT2D eigenvalue weighted by molar-refractivity contribution is 5.81. The van der Waals surface area contributed by atoms with E-state index in [0.29, 0.717) is 6.54 Å². The predicted octanol–water partition coefficient (Wildman–Crippen LogP) is 1.18. The Hall–Kier alpha value is -1.30. The Bertz CT molecular complexity index is 323. The van der Waals surface area contributed by atoms with Gasteiger partial charge in [-0.1, -0.05) is 0 Å². The third-order valence-corrected chi connectivity index (χ3v) is 2.47. The van der Waals surface area contributed by atoms with Crippen molar-refractivity contribution in [2.45, 2.75) is 45.4 Å². The molecule has 0 aromatic rings. The van der Waals surface area contributed by atoms with E-state index in [1.165, 1.54) is 12.0 Å². The number of carbonyl (C=O) groups is 2. The van der Waals surface area contributed by atoms with E-state index >= 15 is 0 Å². The van der Waals surface area contributed by atoms with Crippen LogP contribution in [0.2, 0.25) is 0 Å². The summed E-state index contributed by atoms with van der Waals surface area (Å²) in [5.41, 5.74) is -0.598. The number of hydrogen-bond acceptors (Lipinski definition) is 5. The monoisotopic (exact) mass is 259 g/mol. The molecule has 1 aliphatic heterocycles. The summed E-state index contributed by atoms with van der Waals surface area (Å²) >= 11 is 0. The molecule has 0 bridgehead atoms. The van der Waals surface area contributed by atoms with Crippen LogP contribution in [0.1, 0.15) is 27.7 Å². The number of carbonyl (C=O) groups excluding carboxylic acids is 2. The minimum absolute atomic E-state index is 0.126. The van der Waals surface area contributed by atoms with Gasteiger partial charge in [0, 0.05) is 0 Å². The van der Waals surface area contributed by atoms with Crippen LogP contribution in [-0.4, -0.2) is 55.0 Å². The zero-order valence-corrected chi connectivity index (χ0v) is 11.6. The van der Waals surface area contributed by atoms with Crippen LogP contribution in [0.15, 0.2) is 0 Å². The second-order valence-electron chi connectivity index (χ2n) is 5.32. The van der Waals surface area contributed by atoms with Crippen molar-refractivity contribution in [3.8, 4) is 0 Å². The lowest BCUT2D eigenvalue weighted by atomic mass is 10.2. The summed E-state index contributed by atoms with van der Waals surface area (Å²) < 4.78 is 15.3. The van der Waals surface area contributed by atoms with Crippen LogP contribution < -0.4 is 0 Å². The summed E-state index contributed by atoms with van der Waals surface area (Å²) in [6.45, 7) is 7.62. The average molecular weight is 259 g/mol. The Morgan fingerprint density at radius 2 is 1.94 bits per heavy atom. The van der Waals surface area contributed by atoms with Crippen LogP contribution in [-0.2, 0) is 19.0 Å². The van der Waals surface area contributed by atoms with Crippen LogP contribution in [0.25, 0.3) is 0 Å². The number of amides is 1. The van der Waals surface area contributed by atoms with Crippen molar-refractivity contribution in [1.82, 2.24) is 4.90 Å². The quantitative estimate of drug-likeness (QED) is 0.662. The molecular weight excluding hydrogens is 238 g/mol. The van der Waals surface area contributed by atoms with Gasteiger partial charge in [0.15, 0.2) is 6.04 Å². The highest BCUT2D eigenvalue weighted by Crippen LogP contribution is 2.17. The molecule has 104 valence electrons. The first-order valence-electron chi connectivity index (χ1n) is 5.93. The van der Waals surface area contributed by atoms with Gasteiger partial charge >= 0.3 is 12.1 Å². The Balaban J connectivity index is 2.78. The summed E-state index contributed by atoms with van der Waals surface area (Å²) in [7, 11) is 1.29. The average Bonchev–Trinajstić information content (AvgIpc) is 2.25. The Morgan fingerprint density at radius 1 is 1.33 bits per heavy atom. The molecule has 0 aromatic carbocycles. The Labute approximate surface area is 107 Å². The standard InChI is InChI=1S/C12H21NO5/c1-8-6-13(11(15)18-12(2,3)4)9(7-17-8)10(14)16-5/h8-9H,6-7H2,1-5H3/t8-,9+/m1/s1. The van der Waals surface area contributed by atoms with E-state index in [2.05, 4.69) is 4.74 Å². The van der Waals surface area contributed by atoms with Crippen molar-refractivity contribution in [3.63, 3.8) is 0 Å². The second kappa shape index (κ2) is 5.56. The van der Waals surface area contributed by atoms with Gasteiger partial charge in [0.1, 0.15) is 5.60 Å².